The molecule has 16 heavy (non-hydrogen) atoms. The van der Waals surface area contributed by atoms with Crippen LogP contribution in [0.2, 0.25) is 5.15 Å². The van der Waals surface area contributed by atoms with E-state index in [9.17, 15) is 0 Å². The summed E-state index contributed by atoms with van der Waals surface area (Å²) in [6.45, 7) is 2.00. The van der Waals surface area contributed by atoms with Crippen LogP contribution in [0.1, 0.15) is 24.0 Å². The molecule has 0 spiro atoms. The minimum atomic E-state index is 0.440. The molecule has 0 amide bonds. The molecule has 0 saturated carbocycles. The van der Waals surface area contributed by atoms with Gasteiger partial charge in [-0.1, -0.05) is 11.6 Å². The molecule has 4 nitrogen and oxygen atoms in total. The van der Waals surface area contributed by atoms with E-state index in [1.807, 2.05) is 18.7 Å². The molecular weight excluding hydrogens is 244 g/mol. The summed E-state index contributed by atoms with van der Waals surface area (Å²) in [5, 5.41) is 0.894. The molecular formula is C10H11ClN4S. The molecule has 1 aliphatic heterocycles. The van der Waals surface area contributed by atoms with E-state index in [1.165, 1.54) is 24.9 Å². The standard InChI is InChI=1S/C10H11ClN4S/c1-6-14-8-9(11)12-5-13-10(8)15(6)7-3-2-4-16-7/h5,7H,2-4H2,1H3. The highest BCUT2D eigenvalue weighted by Crippen LogP contribution is 2.38. The van der Waals surface area contributed by atoms with Crippen LogP contribution in [0.3, 0.4) is 0 Å². The molecule has 2 aromatic heterocycles. The smallest absolute Gasteiger partial charge is 0.165 e. The average Bonchev–Trinajstić information content (AvgIpc) is 2.85. The lowest BCUT2D eigenvalue weighted by Crippen LogP contribution is -2.04. The molecule has 0 radical (unpaired) electrons. The highest BCUT2D eigenvalue weighted by molar-refractivity contribution is 7.99. The van der Waals surface area contributed by atoms with E-state index >= 15 is 0 Å². The number of aryl methyl sites for hydroxylation is 1. The van der Waals surface area contributed by atoms with Crippen LogP contribution >= 0.6 is 23.4 Å². The van der Waals surface area contributed by atoms with Crippen LogP contribution in [0, 0.1) is 6.92 Å². The third-order valence-corrected chi connectivity index (χ3v) is 4.43. The lowest BCUT2D eigenvalue weighted by atomic mass is 10.3. The summed E-state index contributed by atoms with van der Waals surface area (Å²) < 4.78 is 2.18. The minimum absolute atomic E-state index is 0.440. The second-order valence-corrected chi connectivity index (χ2v) is 5.48. The zero-order valence-electron chi connectivity index (χ0n) is 8.85. The predicted octanol–water partition coefficient (Wildman–Crippen LogP) is 2.81. The zero-order chi connectivity index (χ0) is 11.1. The summed E-state index contributed by atoms with van der Waals surface area (Å²) in [4.78, 5) is 12.7. The van der Waals surface area contributed by atoms with Gasteiger partial charge in [-0.05, 0) is 25.5 Å². The van der Waals surface area contributed by atoms with E-state index in [0.29, 0.717) is 16.0 Å². The number of hydrogen-bond acceptors (Lipinski definition) is 4. The minimum Gasteiger partial charge on any atom is -0.300 e. The average molecular weight is 255 g/mol. The number of nitrogens with zero attached hydrogens (tertiary/aromatic N) is 4. The second kappa shape index (κ2) is 3.89. The van der Waals surface area contributed by atoms with E-state index in [-0.39, 0.29) is 0 Å². The lowest BCUT2D eigenvalue weighted by molar-refractivity contribution is 0.638. The Morgan fingerprint density at radius 3 is 3.12 bits per heavy atom. The Bertz CT molecular complexity index is 533. The molecule has 1 unspecified atom stereocenters. The van der Waals surface area contributed by atoms with Gasteiger partial charge in [0.25, 0.3) is 0 Å². The Hall–Kier alpha value is -0.810. The van der Waals surface area contributed by atoms with Crippen LogP contribution in [0.4, 0.5) is 0 Å². The number of rotatable bonds is 1. The number of aromatic nitrogens is 4. The van der Waals surface area contributed by atoms with Gasteiger partial charge in [-0.3, -0.25) is 0 Å². The van der Waals surface area contributed by atoms with Gasteiger partial charge in [0.15, 0.2) is 10.8 Å². The third-order valence-electron chi connectivity index (χ3n) is 2.80. The molecule has 0 bridgehead atoms. The summed E-state index contributed by atoms with van der Waals surface area (Å²) in [5.41, 5.74) is 1.58. The van der Waals surface area contributed by atoms with Crippen molar-refractivity contribution in [3.8, 4) is 0 Å². The number of thioether (sulfide) groups is 1. The summed E-state index contributed by atoms with van der Waals surface area (Å²) in [7, 11) is 0. The van der Waals surface area contributed by atoms with Gasteiger partial charge in [0.1, 0.15) is 17.7 Å². The van der Waals surface area contributed by atoms with Gasteiger partial charge in [0, 0.05) is 0 Å². The molecule has 1 atom stereocenters. The molecule has 1 saturated heterocycles. The molecule has 1 aliphatic rings. The Labute approximate surface area is 102 Å². The van der Waals surface area contributed by atoms with Crippen LogP contribution in [0.15, 0.2) is 6.33 Å². The predicted molar refractivity (Wildman–Crippen MR) is 65.8 cm³/mol. The molecule has 2 aromatic rings. The van der Waals surface area contributed by atoms with Gasteiger partial charge in [-0.2, -0.15) is 0 Å². The van der Waals surface area contributed by atoms with Crippen molar-refractivity contribution in [2.75, 3.05) is 5.75 Å². The maximum absolute atomic E-state index is 6.02. The number of imidazole rings is 1. The van der Waals surface area contributed by atoms with E-state index in [1.54, 1.807) is 0 Å². The largest absolute Gasteiger partial charge is 0.300 e. The Kier molecular flexibility index (Phi) is 2.52. The molecule has 84 valence electrons. The summed E-state index contributed by atoms with van der Waals surface area (Å²) >= 11 is 7.97. The number of halogens is 1. The molecule has 3 heterocycles. The van der Waals surface area contributed by atoms with Crippen molar-refractivity contribution < 1.29 is 0 Å². The molecule has 1 fully saturated rings. The van der Waals surface area contributed by atoms with Crippen molar-refractivity contribution in [2.24, 2.45) is 0 Å². The van der Waals surface area contributed by atoms with Crippen molar-refractivity contribution in [1.29, 1.82) is 0 Å². The van der Waals surface area contributed by atoms with Crippen molar-refractivity contribution in [2.45, 2.75) is 25.1 Å². The van der Waals surface area contributed by atoms with E-state index < -0.39 is 0 Å². The van der Waals surface area contributed by atoms with Crippen LogP contribution in [-0.4, -0.2) is 25.3 Å². The summed E-state index contributed by atoms with van der Waals surface area (Å²) in [6.07, 6.45) is 3.94. The first-order valence-corrected chi connectivity index (χ1v) is 6.66. The van der Waals surface area contributed by atoms with Crippen molar-refractivity contribution in [1.82, 2.24) is 19.5 Å². The Balaban J connectivity index is 2.22. The van der Waals surface area contributed by atoms with Crippen molar-refractivity contribution in [3.63, 3.8) is 0 Å². The molecule has 0 aromatic carbocycles. The first-order chi connectivity index (χ1) is 7.77. The fourth-order valence-electron chi connectivity index (χ4n) is 2.10. The van der Waals surface area contributed by atoms with Crippen LogP contribution < -0.4 is 0 Å². The van der Waals surface area contributed by atoms with Crippen molar-refractivity contribution >= 4 is 34.5 Å². The quantitative estimate of drug-likeness (QED) is 0.734. The van der Waals surface area contributed by atoms with Gasteiger partial charge in [-0.15, -0.1) is 11.8 Å². The molecule has 3 rings (SSSR count). The first-order valence-electron chi connectivity index (χ1n) is 5.24. The zero-order valence-corrected chi connectivity index (χ0v) is 10.4. The van der Waals surface area contributed by atoms with Gasteiger partial charge < -0.3 is 4.57 Å². The summed E-state index contributed by atoms with van der Waals surface area (Å²) in [5.74, 6) is 2.18. The van der Waals surface area contributed by atoms with Crippen LogP contribution in [-0.2, 0) is 0 Å². The second-order valence-electron chi connectivity index (χ2n) is 3.83. The Morgan fingerprint density at radius 2 is 2.38 bits per heavy atom. The van der Waals surface area contributed by atoms with Gasteiger partial charge >= 0.3 is 0 Å². The molecule has 6 heteroatoms. The SMILES string of the molecule is Cc1nc2c(Cl)ncnc2n1C1CCCS1. The topological polar surface area (TPSA) is 43.6 Å². The fraction of sp³-hybridized carbons (Fsp3) is 0.500. The highest BCUT2D eigenvalue weighted by atomic mass is 35.5. The van der Waals surface area contributed by atoms with Gasteiger partial charge in [0.2, 0.25) is 0 Å². The first kappa shape index (κ1) is 10.4. The van der Waals surface area contributed by atoms with Crippen LogP contribution in [0.25, 0.3) is 11.2 Å². The summed E-state index contributed by atoms with van der Waals surface area (Å²) in [6, 6.07) is 0. The maximum atomic E-state index is 6.02. The van der Waals surface area contributed by atoms with Crippen LogP contribution in [0.5, 0.6) is 0 Å². The van der Waals surface area contributed by atoms with Crippen molar-refractivity contribution in [3.05, 3.63) is 17.3 Å². The van der Waals surface area contributed by atoms with Gasteiger partial charge in [-0.25, -0.2) is 15.0 Å². The fourth-order valence-corrected chi connectivity index (χ4v) is 3.61. The molecule has 0 N–H and O–H groups in total. The number of fused-ring (bicyclic) bond motifs is 1. The highest BCUT2D eigenvalue weighted by Gasteiger charge is 2.23. The van der Waals surface area contributed by atoms with E-state index in [0.717, 1.165) is 11.5 Å². The van der Waals surface area contributed by atoms with E-state index in [2.05, 4.69) is 19.5 Å². The van der Waals surface area contributed by atoms with E-state index in [4.69, 9.17) is 11.6 Å². The Morgan fingerprint density at radius 1 is 1.50 bits per heavy atom. The third kappa shape index (κ3) is 1.50. The maximum Gasteiger partial charge on any atom is 0.165 e. The van der Waals surface area contributed by atoms with Gasteiger partial charge in [0.05, 0.1) is 5.37 Å². The number of hydrogen-bond donors (Lipinski definition) is 0. The monoisotopic (exact) mass is 254 g/mol. The normalized spacial score (nSPS) is 20.8. The molecule has 0 aliphatic carbocycles. The lowest BCUT2D eigenvalue weighted by Gasteiger charge is -2.12.